The average Bonchev–Trinajstić information content (AvgIpc) is 2.77. The van der Waals surface area contributed by atoms with Gasteiger partial charge in [0.15, 0.2) is 0 Å². The van der Waals surface area contributed by atoms with Crippen molar-refractivity contribution in [3.05, 3.63) is 59.9 Å². The van der Waals surface area contributed by atoms with E-state index in [-0.39, 0.29) is 11.7 Å². The summed E-state index contributed by atoms with van der Waals surface area (Å²) < 4.78 is 23.8. The van der Waals surface area contributed by atoms with Crippen LogP contribution in [0.25, 0.3) is 0 Å². The summed E-state index contributed by atoms with van der Waals surface area (Å²) in [6.07, 6.45) is 3.23. The highest BCUT2D eigenvalue weighted by Crippen LogP contribution is 2.20. The maximum atomic E-state index is 13.1. The fourth-order valence-electron chi connectivity index (χ4n) is 3.66. The Morgan fingerprint density at radius 1 is 1.13 bits per heavy atom. The third-order valence-electron chi connectivity index (χ3n) is 5.47. The quantitative estimate of drug-likeness (QED) is 0.597. The third-order valence-corrected chi connectivity index (χ3v) is 5.47. The maximum absolute atomic E-state index is 13.1. The molecule has 3 rings (SSSR count). The van der Waals surface area contributed by atoms with Crippen LogP contribution < -0.4 is 14.8 Å². The van der Waals surface area contributed by atoms with E-state index in [1.165, 1.54) is 17.7 Å². The molecule has 1 fully saturated rings. The molecule has 1 amide bonds. The van der Waals surface area contributed by atoms with Crippen LogP contribution in [0.2, 0.25) is 0 Å². The molecule has 0 bridgehead atoms. The molecular formula is C24H31FN2O3. The smallest absolute Gasteiger partial charge is 0.220 e. The van der Waals surface area contributed by atoms with E-state index in [1.807, 2.05) is 12.1 Å². The summed E-state index contributed by atoms with van der Waals surface area (Å²) in [5.74, 6) is 1.65. The summed E-state index contributed by atoms with van der Waals surface area (Å²) in [4.78, 5) is 14.5. The molecule has 5 nitrogen and oxygen atoms in total. The Morgan fingerprint density at radius 2 is 1.90 bits per heavy atom. The number of carbonyl (C=O) groups excluding carboxylic acids is 1. The Balaban J connectivity index is 1.26. The van der Waals surface area contributed by atoms with Crippen LogP contribution >= 0.6 is 0 Å². The summed E-state index contributed by atoms with van der Waals surface area (Å²) in [6, 6.07) is 14.3. The van der Waals surface area contributed by atoms with Gasteiger partial charge in [-0.2, -0.15) is 0 Å². The Labute approximate surface area is 178 Å². The zero-order chi connectivity index (χ0) is 21.2. The number of hydrogen-bond acceptors (Lipinski definition) is 4. The zero-order valence-corrected chi connectivity index (χ0v) is 17.6. The van der Waals surface area contributed by atoms with Crippen molar-refractivity contribution in [3.63, 3.8) is 0 Å². The summed E-state index contributed by atoms with van der Waals surface area (Å²) in [7, 11) is 1.68. The van der Waals surface area contributed by atoms with Gasteiger partial charge < -0.3 is 14.8 Å². The lowest BCUT2D eigenvalue weighted by atomic mass is 9.96. The Hall–Kier alpha value is -2.60. The van der Waals surface area contributed by atoms with Gasteiger partial charge in [-0.1, -0.05) is 18.2 Å². The van der Waals surface area contributed by atoms with E-state index in [0.29, 0.717) is 31.1 Å². The zero-order valence-electron chi connectivity index (χ0n) is 17.6. The van der Waals surface area contributed by atoms with Crippen molar-refractivity contribution < 1.29 is 18.7 Å². The molecule has 2 aromatic carbocycles. The number of nitrogens with one attached hydrogen (secondary N) is 1. The minimum Gasteiger partial charge on any atom is -0.497 e. The number of halogens is 1. The van der Waals surface area contributed by atoms with Crippen molar-refractivity contribution in [2.75, 3.05) is 33.4 Å². The lowest BCUT2D eigenvalue weighted by Gasteiger charge is -2.32. The highest BCUT2D eigenvalue weighted by molar-refractivity contribution is 5.75. The third kappa shape index (κ3) is 7.34. The SMILES string of the molecule is COc1ccc(CN2CCC(CNC(=O)CCCOc3cccc(F)c3)CC2)cc1. The number of carbonyl (C=O) groups is 1. The van der Waals surface area contributed by atoms with Gasteiger partial charge >= 0.3 is 0 Å². The summed E-state index contributed by atoms with van der Waals surface area (Å²) in [5.41, 5.74) is 1.29. The molecular weight excluding hydrogens is 383 g/mol. The molecule has 1 heterocycles. The molecule has 0 aromatic heterocycles. The van der Waals surface area contributed by atoms with Crippen LogP contribution in [0.4, 0.5) is 4.39 Å². The molecule has 0 radical (unpaired) electrons. The number of nitrogens with zero attached hydrogens (tertiary/aromatic N) is 1. The molecule has 2 aromatic rings. The molecule has 6 heteroatoms. The first kappa shape index (κ1) is 22.1. The molecule has 0 saturated carbocycles. The van der Waals surface area contributed by atoms with E-state index >= 15 is 0 Å². The van der Waals surface area contributed by atoms with E-state index in [4.69, 9.17) is 9.47 Å². The van der Waals surface area contributed by atoms with E-state index in [9.17, 15) is 9.18 Å². The van der Waals surface area contributed by atoms with Gasteiger partial charge in [0, 0.05) is 25.6 Å². The van der Waals surface area contributed by atoms with Crippen molar-refractivity contribution in [2.24, 2.45) is 5.92 Å². The van der Waals surface area contributed by atoms with Gasteiger partial charge in [-0.15, -0.1) is 0 Å². The number of likely N-dealkylation sites (tertiary alicyclic amines) is 1. The molecule has 1 N–H and O–H groups in total. The number of ether oxygens (including phenoxy) is 2. The first-order chi connectivity index (χ1) is 14.6. The number of piperidine rings is 1. The first-order valence-electron chi connectivity index (χ1n) is 10.6. The standard InChI is InChI=1S/C24H31FN2O3/c1-29-22-9-7-20(8-10-22)18-27-13-11-19(12-14-27)17-26-24(28)6-3-15-30-23-5-2-4-21(25)16-23/h2,4-5,7-10,16,19H,3,6,11-15,17-18H2,1H3,(H,26,28). The number of benzene rings is 2. The lowest BCUT2D eigenvalue weighted by Crippen LogP contribution is -2.38. The van der Waals surface area contributed by atoms with Crippen molar-refractivity contribution in [3.8, 4) is 11.5 Å². The largest absolute Gasteiger partial charge is 0.497 e. The molecule has 0 aliphatic carbocycles. The Bertz CT molecular complexity index is 789. The normalized spacial score (nSPS) is 15.0. The van der Waals surface area contributed by atoms with E-state index in [2.05, 4.69) is 22.3 Å². The van der Waals surface area contributed by atoms with Crippen LogP contribution in [0, 0.1) is 11.7 Å². The minimum absolute atomic E-state index is 0.0542. The second-order valence-corrected chi connectivity index (χ2v) is 7.78. The molecule has 1 aliphatic heterocycles. The molecule has 30 heavy (non-hydrogen) atoms. The average molecular weight is 415 g/mol. The lowest BCUT2D eigenvalue weighted by molar-refractivity contribution is -0.121. The molecule has 0 atom stereocenters. The molecule has 1 aliphatic rings. The molecule has 0 spiro atoms. The molecule has 1 saturated heterocycles. The van der Waals surface area contributed by atoms with Crippen LogP contribution in [-0.4, -0.2) is 44.2 Å². The number of hydrogen-bond donors (Lipinski definition) is 1. The fraction of sp³-hybridized carbons (Fsp3) is 0.458. The van der Waals surface area contributed by atoms with E-state index in [1.54, 1.807) is 19.2 Å². The highest BCUT2D eigenvalue weighted by Gasteiger charge is 2.19. The van der Waals surface area contributed by atoms with Crippen molar-refractivity contribution in [2.45, 2.75) is 32.2 Å². The van der Waals surface area contributed by atoms with Crippen LogP contribution in [0.5, 0.6) is 11.5 Å². The van der Waals surface area contributed by atoms with Gasteiger partial charge in [0.2, 0.25) is 5.91 Å². The van der Waals surface area contributed by atoms with Gasteiger partial charge in [0.05, 0.1) is 13.7 Å². The first-order valence-corrected chi connectivity index (χ1v) is 10.6. The van der Waals surface area contributed by atoms with E-state index in [0.717, 1.165) is 44.8 Å². The second kappa shape index (κ2) is 11.6. The summed E-state index contributed by atoms with van der Waals surface area (Å²) in [6.45, 7) is 4.19. The summed E-state index contributed by atoms with van der Waals surface area (Å²) in [5, 5.41) is 3.05. The predicted molar refractivity (Wildman–Crippen MR) is 115 cm³/mol. The van der Waals surface area contributed by atoms with Gasteiger partial charge in [0.1, 0.15) is 17.3 Å². The monoisotopic (exact) mass is 414 g/mol. The second-order valence-electron chi connectivity index (χ2n) is 7.78. The molecule has 0 unspecified atom stereocenters. The van der Waals surface area contributed by atoms with Crippen LogP contribution in [0.3, 0.4) is 0 Å². The van der Waals surface area contributed by atoms with E-state index < -0.39 is 0 Å². The molecule has 162 valence electrons. The van der Waals surface area contributed by atoms with Crippen LogP contribution in [0.1, 0.15) is 31.2 Å². The fourth-order valence-corrected chi connectivity index (χ4v) is 3.66. The van der Waals surface area contributed by atoms with Gasteiger partial charge in [-0.25, -0.2) is 4.39 Å². The van der Waals surface area contributed by atoms with Crippen molar-refractivity contribution in [1.82, 2.24) is 10.2 Å². The topological polar surface area (TPSA) is 50.8 Å². The van der Waals surface area contributed by atoms with Crippen LogP contribution in [0.15, 0.2) is 48.5 Å². The van der Waals surface area contributed by atoms with Crippen molar-refractivity contribution in [1.29, 1.82) is 0 Å². The van der Waals surface area contributed by atoms with Crippen molar-refractivity contribution >= 4 is 5.91 Å². The number of methoxy groups -OCH3 is 1. The highest BCUT2D eigenvalue weighted by atomic mass is 19.1. The maximum Gasteiger partial charge on any atom is 0.220 e. The minimum atomic E-state index is -0.319. The van der Waals surface area contributed by atoms with Gasteiger partial charge in [-0.3, -0.25) is 9.69 Å². The number of rotatable bonds is 10. The predicted octanol–water partition coefficient (Wildman–Crippen LogP) is 4.02. The van der Waals surface area contributed by atoms with Crippen LogP contribution in [-0.2, 0) is 11.3 Å². The summed E-state index contributed by atoms with van der Waals surface area (Å²) >= 11 is 0. The Morgan fingerprint density at radius 3 is 2.60 bits per heavy atom. The number of amides is 1. The van der Waals surface area contributed by atoms with Gasteiger partial charge in [-0.05, 0) is 68.1 Å². The Kier molecular flexibility index (Phi) is 8.51. The van der Waals surface area contributed by atoms with Gasteiger partial charge in [0.25, 0.3) is 0 Å².